The van der Waals surface area contributed by atoms with Gasteiger partial charge in [0.15, 0.2) is 0 Å². The Bertz CT molecular complexity index is 736. The fourth-order valence-electron chi connectivity index (χ4n) is 2.06. The van der Waals surface area contributed by atoms with Crippen molar-refractivity contribution >= 4 is 27.1 Å². The standard InChI is InChI=1S/C16H15NO2S/c1-18-13-3-2-4-14(8-13)19-9-11-10-20-16-7-12(17)5-6-15(11)16/h2-8,10H,9,17H2,1H3. The van der Waals surface area contributed by atoms with Crippen molar-refractivity contribution in [1.82, 2.24) is 0 Å². The smallest absolute Gasteiger partial charge is 0.123 e. The number of thiophene rings is 1. The zero-order chi connectivity index (χ0) is 13.9. The van der Waals surface area contributed by atoms with E-state index in [9.17, 15) is 0 Å². The third-order valence-electron chi connectivity index (χ3n) is 3.12. The summed E-state index contributed by atoms with van der Waals surface area (Å²) in [6.07, 6.45) is 0. The summed E-state index contributed by atoms with van der Waals surface area (Å²) in [5.41, 5.74) is 7.76. The van der Waals surface area contributed by atoms with Gasteiger partial charge in [-0.3, -0.25) is 0 Å². The quantitative estimate of drug-likeness (QED) is 0.735. The van der Waals surface area contributed by atoms with Crippen molar-refractivity contribution in [3.8, 4) is 11.5 Å². The first-order valence-corrected chi connectivity index (χ1v) is 7.16. The molecule has 0 fully saturated rings. The number of methoxy groups -OCH3 is 1. The van der Waals surface area contributed by atoms with Crippen LogP contribution in [0, 0.1) is 0 Å². The number of nitrogen functional groups attached to an aromatic ring is 1. The molecule has 0 saturated carbocycles. The summed E-state index contributed by atoms with van der Waals surface area (Å²) >= 11 is 1.69. The van der Waals surface area contributed by atoms with Crippen LogP contribution in [0.3, 0.4) is 0 Å². The highest BCUT2D eigenvalue weighted by molar-refractivity contribution is 7.17. The Labute approximate surface area is 121 Å². The van der Waals surface area contributed by atoms with Crippen molar-refractivity contribution < 1.29 is 9.47 Å². The van der Waals surface area contributed by atoms with E-state index in [1.807, 2.05) is 42.5 Å². The number of fused-ring (bicyclic) bond motifs is 1. The van der Waals surface area contributed by atoms with Gasteiger partial charge in [-0.2, -0.15) is 0 Å². The molecule has 2 aromatic carbocycles. The predicted molar refractivity (Wildman–Crippen MR) is 83.6 cm³/mol. The summed E-state index contributed by atoms with van der Waals surface area (Å²) in [6.45, 7) is 0.539. The summed E-state index contributed by atoms with van der Waals surface area (Å²) in [6, 6.07) is 13.6. The van der Waals surface area contributed by atoms with E-state index in [1.165, 1.54) is 15.6 Å². The number of ether oxygens (including phenoxy) is 2. The minimum Gasteiger partial charge on any atom is -0.497 e. The van der Waals surface area contributed by atoms with Crippen molar-refractivity contribution in [3.63, 3.8) is 0 Å². The molecule has 4 heteroatoms. The second kappa shape index (κ2) is 5.43. The number of hydrogen-bond donors (Lipinski definition) is 1. The van der Waals surface area contributed by atoms with E-state index in [4.69, 9.17) is 15.2 Å². The molecule has 0 bridgehead atoms. The van der Waals surface area contributed by atoms with Crippen LogP contribution < -0.4 is 15.2 Å². The molecule has 0 unspecified atom stereocenters. The maximum atomic E-state index is 5.83. The lowest BCUT2D eigenvalue weighted by Gasteiger charge is -2.07. The molecule has 20 heavy (non-hydrogen) atoms. The molecule has 0 radical (unpaired) electrons. The van der Waals surface area contributed by atoms with E-state index in [2.05, 4.69) is 5.38 Å². The Morgan fingerprint density at radius 1 is 1.10 bits per heavy atom. The van der Waals surface area contributed by atoms with Gasteiger partial charge in [-0.1, -0.05) is 12.1 Å². The second-order valence-electron chi connectivity index (χ2n) is 4.48. The molecule has 0 aliphatic heterocycles. The molecule has 0 spiro atoms. The van der Waals surface area contributed by atoms with Gasteiger partial charge in [0.05, 0.1) is 7.11 Å². The molecular formula is C16H15NO2S. The molecule has 0 aliphatic rings. The SMILES string of the molecule is COc1cccc(OCc2csc3cc(N)ccc23)c1. The lowest BCUT2D eigenvalue weighted by molar-refractivity contribution is 0.305. The van der Waals surface area contributed by atoms with E-state index >= 15 is 0 Å². The molecule has 102 valence electrons. The summed E-state index contributed by atoms with van der Waals surface area (Å²) in [7, 11) is 1.65. The summed E-state index contributed by atoms with van der Waals surface area (Å²) in [5, 5.41) is 3.32. The van der Waals surface area contributed by atoms with E-state index in [0.29, 0.717) is 6.61 Å². The van der Waals surface area contributed by atoms with Gasteiger partial charge in [0.1, 0.15) is 18.1 Å². The fraction of sp³-hybridized carbons (Fsp3) is 0.125. The first kappa shape index (κ1) is 12.8. The number of anilines is 1. The van der Waals surface area contributed by atoms with Gasteiger partial charge in [-0.05, 0) is 35.0 Å². The largest absolute Gasteiger partial charge is 0.497 e. The summed E-state index contributed by atoms with van der Waals surface area (Å²) in [4.78, 5) is 0. The van der Waals surface area contributed by atoms with Gasteiger partial charge in [0.25, 0.3) is 0 Å². The molecule has 1 heterocycles. The Morgan fingerprint density at radius 3 is 2.80 bits per heavy atom. The van der Waals surface area contributed by atoms with Gasteiger partial charge in [0.2, 0.25) is 0 Å². The van der Waals surface area contributed by atoms with Crippen LogP contribution in [0.25, 0.3) is 10.1 Å². The van der Waals surface area contributed by atoms with Crippen molar-refractivity contribution in [1.29, 1.82) is 0 Å². The lowest BCUT2D eigenvalue weighted by Crippen LogP contribution is -1.95. The van der Waals surface area contributed by atoms with E-state index in [-0.39, 0.29) is 0 Å². The van der Waals surface area contributed by atoms with Gasteiger partial charge in [-0.15, -0.1) is 11.3 Å². The minimum absolute atomic E-state index is 0.539. The highest BCUT2D eigenvalue weighted by Gasteiger charge is 2.05. The molecule has 0 aliphatic carbocycles. The first-order chi connectivity index (χ1) is 9.76. The van der Waals surface area contributed by atoms with Gasteiger partial charge < -0.3 is 15.2 Å². The molecule has 0 saturated heterocycles. The Kier molecular flexibility index (Phi) is 3.48. The van der Waals surface area contributed by atoms with Crippen LogP contribution in [0.2, 0.25) is 0 Å². The first-order valence-electron chi connectivity index (χ1n) is 6.29. The third-order valence-corrected chi connectivity index (χ3v) is 4.11. The highest BCUT2D eigenvalue weighted by Crippen LogP contribution is 2.29. The van der Waals surface area contributed by atoms with Gasteiger partial charge in [0, 0.05) is 22.0 Å². The van der Waals surface area contributed by atoms with E-state index in [0.717, 1.165) is 17.2 Å². The molecule has 1 aromatic heterocycles. The third kappa shape index (κ3) is 2.56. The van der Waals surface area contributed by atoms with Gasteiger partial charge >= 0.3 is 0 Å². The van der Waals surface area contributed by atoms with Crippen LogP contribution in [-0.2, 0) is 6.61 Å². The average Bonchev–Trinajstić information content (AvgIpc) is 2.87. The number of benzene rings is 2. The van der Waals surface area contributed by atoms with Crippen LogP contribution in [0.15, 0.2) is 47.8 Å². The molecule has 3 rings (SSSR count). The maximum Gasteiger partial charge on any atom is 0.123 e. The topological polar surface area (TPSA) is 44.5 Å². The summed E-state index contributed by atoms with van der Waals surface area (Å²) in [5.74, 6) is 1.60. The van der Waals surface area contributed by atoms with Gasteiger partial charge in [-0.25, -0.2) is 0 Å². The summed E-state index contributed by atoms with van der Waals surface area (Å²) < 4.78 is 12.2. The lowest BCUT2D eigenvalue weighted by atomic mass is 10.2. The molecule has 2 N–H and O–H groups in total. The molecule has 0 atom stereocenters. The minimum atomic E-state index is 0.539. The van der Waals surface area contributed by atoms with Crippen LogP contribution in [-0.4, -0.2) is 7.11 Å². The van der Waals surface area contributed by atoms with Crippen molar-refractivity contribution in [3.05, 3.63) is 53.4 Å². The predicted octanol–water partition coefficient (Wildman–Crippen LogP) is 4.07. The Hall–Kier alpha value is -2.20. The van der Waals surface area contributed by atoms with Crippen LogP contribution in [0.4, 0.5) is 5.69 Å². The van der Waals surface area contributed by atoms with Crippen LogP contribution in [0.5, 0.6) is 11.5 Å². The normalized spacial score (nSPS) is 10.7. The van der Waals surface area contributed by atoms with Crippen LogP contribution in [0.1, 0.15) is 5.56 Å². The van der Waals surface area contributed by atoms with E-state index in [1.54, 1.807) is 18.4 Å². The fourth-order valence-corrected chi connectivity index (χ4v) is 3.06. The highest BCUT2D eigenvalue weighted by atomic mass is 32.1. The molecular weight excluding hydrogens is 270 g/mol. The number of rotatable bonds is 4. The van der Waals surface area contributed by atoms with Crippen molar-refractivity contribution in [2.45, 2.75) is 6.61 Å². The van der Waals surface area contributed by atoms with Crippen molar-refractivity contribution in [2.75, 3.05) is 12.8 Å². The second-order valence-corrected chi connectivity index (χ2v) is 5.40. The average molecular weight is 285 g/mol. The Balaban J connectivity index is 1.79. The monoisotopic (exact) mass is 285 g/mol. The van der Waals surface area contributed by atoms with Crippen molar-refractivity contribution in [2.24, 2.45) is 0 Å². The molecule has 3 aromatic rings. The zero-order valence-electron chi connectivity index (χ0n) is 11.1. The number of hydrogen-bond acceptors (Lipinski definition) is 4. The zero-order valence-corrected chi connectivity index (χ0v) is 11.9. The Morgan fingerprint density at radius 2 is 1.95 bits per heavy atom. The van der Waals surface area contributed by atoms with E-state index < -0.39 is 0 Å². The van der Waals surface area contributed by atoms with Crippen LogP contribution >= 0.6 is 11.3 Å². The maximum absolute atomic E-state index is 5.83. The molecule has 0 amide bonds. The number of nitrogens with two attached hydrogens (primary N) is 1. The molecule has 3 nitrogen and oxygen atoms in total.